The van der Waals surface area contributed by atoms with Gasteiger partial charge in [-0.3, -0.25) is 0 Å². The molecule has 3 aliphatic carbocycles. The van der Waals surface area contributed by atoms with Crippen LogP contribution >= 0.6 is 0 Å². The number of fused-ring (bicyclic) bond motifs is 3. The van der Waals surface area contributed by atoms with Crippen molar-refractivity contribution in [1.82, 2.24) is 5.32 Å². The van der Waals surface area contributed by atoms with Crippen molar-refractivity contribution >= 4 is 15.7 Å². The van der Waals surface area contributed by atoms with Crippen LogP contribution in [0.4, 0.5) is 0 Å². The summed E-state index contributed by atoms with van der Waals surface area (Å²) < 4.78 is 0. The lowest BCUT2D eigenvalue weighted by Gasteiger charge is -2.42. The summed E-state index contributed by atoms with van der Waals surface area (Å²) in [4.78, 5) is 0. The SMILES string of the molecule is BC(B)(NC)C1C2CCCCC2C2CCCCC21. The largest absolute Gasteiger partial charge is 0.329 e. The van der Waals surface area contributed by atoms with Crippen LogP contribution in [0.3, 0.4) is 0 Å². The first-order valence-electron chi connectivity index (χ1n) is 8.34. The topological polar surface area (TPSA) is 12.0 Å². The van der Waals surface area contributed by atoms with Crippen molar-refractivity contribution < 1.29 is 0 Å². The van der Waals surface area contributed by atoms with Crippen LogP contribution in [0.5, 0.6) is 0 Å². The van der Waals surface area contributed by atoms with Crippen molar-refractivity contribution in [1.29, 1.82) is 0 Å². The lowest BCUT2D eigenvalue weighted by molar-refractivity contribution is 0.184. The van der Waals surface area contributed by atoms with E-state index in [-0.39, 0.29) is 0 Å². The molecule has 0 aromatic heterocycles. The van der Waals surface area contributed by atoms with Gasteiger partial charge in [-0.25, -0.2) is 0 Å². The van der Waals surface area contributed by atoms with E-state index in [0.717, 1.165) is 29.6 Å². The van der Waals surface area contributed by atoms with Gasteiger partial charge in [-0.1, -0.05) is 25.7 Å². The molecule has 3 rings (SSSR count). The van der Waals surface area contributed by atoms with Crippen molar-refractivity contribution in [3.63, 3.8) is 0 Å². The predicted molar refractivity (Wildman–Crippen MR) is 83.3 cm³/mol. The number of hydrogen-bond donors (Lipinski definition) is 1. The highest BCUT2D eigenvalue weighted by Gasteiger charge is 2.54. The van der Waals surface area contributed by atoms with Gasteiger partial charge in [0.1, 0.15) is 15.7 Å². The minimum absolute atomic E-state index is 0.344. The molecule has 3 aliphatic rings. The van der Waals surface area contributed by atoms with E-state index in [0.29, 0.717) is 5.34 Å². The van der Waals surface area contributed by atoms with E-state index in [1.165, 1.54) is 38.5 Å². The summed E-state index contributed by atoms with van der Waals surface area (Å²) in [7, 11) is 7.09. The smallest absolute Gasteiger partial charge is 0.117 e. The van der Waals surface area contributed by atoms with Gasteiger partial charge < -0.3 is 5.32 Å². The van der Waals surface area contributed by atoms with Gasteiger partial charge in [0.2, 0.25) is 0 Å². The highest BCUT2D eigenvalue weighted by molar-refractivity contribution is 6.40. The van der Waals surface area contributed by atoms with Crippen LogP contribution in [-0.4, -0.2) is 28.1 Å². The highest BCUT2D eigenvalue weighted by atomic mass is 14.9. The Morgan fingerprint density at radius 1 is 0.778 bits per heavy atom. The molecular formula is C15H29B2N. The van der Waals surface area contributed by atoms with Crippen LogP contribution in [0.15, 0.2) is 0 Å². The molecule has 3 fully saturated rings. The van der Waals surface area contributed by atoms with Crippen LogP contribution in [0.1, 0.15) is 51.4 Å². The van der Waals surface area contributed by atoms with Gasteiger partial charge in [0.05, 0.1) is 0 Å². The quantitative estimate of drug-likeness (QED) is 0.724. The second kappa shape index (κ2) is 4.89. The van der Waals surface area contributed by atoms with Gasteiger partial charge in [-0.15, -0.1) is 0 Å². The summed E-state index contributed by atoms with van der Waals surface area (Å²) >= 11 is 0. The van der Waals surface area contributed by atoms with E-state index in [1.807, 2.05) is 0 Å². The summed E-state index contributed by atoms with van der Waals surface area (Å²) in [6.45, 7) is 0. The van der Waals surface area contributed by atoms with Gasteiger partial charge in [0.15, 0.2) is 0 Å². The fourth-order valence-electron chi connectivity index (χ4n) is 5.89. The molecule has 0 aromatic rings. The van der Waals surface area contributed by atoms with Crippen LogP contribution in [0, 0.1) is 29.6 Å². The monoisotopic (exact) mass is 245 g/mol. The number of nitrogens with one attached hydrogen (secondary N) is 1. The van der Waals surface area contributed by atoms with Crippen LogP contribution in [0.25, 0.3) is 0 Å². The molecule has 0 spiro atoms. The molecule has 100 valence electrons. The molecule has 0 amide bonds. The maximum atomic E-state index is 3.65. The Labute approximate surface area is 115 Å². The first kappa shape index (κ1) is 13.1. The normalized spacial score (nSPS) is 44.4. The molecule has 0 bridgehead atoms. The zero-order chi connectivity index (χ0) is 12.8. The average molecular weight is 245 g/mol. The molecule has 1 N–H and O–H groups in total. The summed E-state index contributed by atoms with van der Waals surface area (Å²) in [5.41, 5.74) is 0. The van der Waals surface area contributed by atoms with Gasteiger partial charge in [-0.05, 0) is 67.7 Å². The van der Waals surface area contributed by atoms with E-state index in [1.54, 1.807) is 12.8 Å². The Balaban J connectivity index is 1.90. The first-order chi connectivity index (χ1) is 8.65. The third-order valence-electron chi connectivity index (χ3n) is 6.70. The van der Waals surface area contributed by atoms with Crippen molar-refractivity contribution in [2.45, 2.75) is 56.7 Å². The van der Waals surface area contributed by atoms with Crippen LogP contribution in [0.2, 0.25) is 0 Å². The molecular weight excluding hydrogens is 216 g/mol. The Morgan fingerprint density at radius 3 is 1.56 bits per heavy atom. The van der Waals surface area contributed by atoms with E-state index >= 15 is 0 Å². The van der Waals surface area contributed by atoms with E-state index in [4.69, 9.17) is 0 Å². The van der Waals surface area contributed by atoms with Crippen molar-refractivity contribution in [3.8, 4) is 0 Å². The lowest BCUT2D eigenvalue weighted by atomic mass is 9.49. The minimum atomic E-state index is 0.344. The Bertz CT molecular complexity index is 283. The molecule has 4 atom stereocenters. The number of rotatable bonds is 2. The van der Waals surface area contributed by atoms with Crippen LogP contribution < -0.4 is 5.32 Å². The molecule has 0 heterocycles. The summed E-state index contributed by atoms with van der Waals surface area (Å²) in [6, 6.07) is 0. The summed E-state index contributed by atoms with van der Waals surface area (Å²) in [5.74, 6) is 5.19. The maximum Gasteiger partial charge on any atom is 0.117 e. The molecule has 0 saturated heterocycles. The zero-order valence-electron chi connectivity index (χ0n) is 12.5. The fraction of sp³-hybridized carbons (Fsp3) is 1.00. The molecule has 18 heavy (non-hydrogen) atoms. The van der Waals surface area contributed by atoms with Crippen molar-refractivity contribution in [3.05, 3.63) is 0 Å². The van der Waals surface area contributed by atoms with Gasteiger partial charge >= 0.3 is 0 Å². The molecule has 3 heteroatoms. The minimum Gasteiger partial charge on any atom is -0.329 e. The molecule has 0 radical (unpaired) electrons. The fourth-order valence-corrected chi connectivity index (χ4v) is 5.89. The summed E-state index contributed by atoms with van der Waals surface area (Å²) in [5, 5.41) is 3.99. The number of hydrogen-bond acceptors (Lipinski definition) is 1. The second-order valence-corrected chi connectivity index (χ2v) is 7.72. The Morgan fingerprint density at radius 2 is 1.17 bits per heavy atom. The lowest BCUT2D eigenvalue weighted by Crippen LogP contribution is -2.55. The predicted octanol–water partition coefficient (Wildman–Crippen LogP) is 1.37. The molecule has 0 aliphatic heterocycles. The molecule has 4 unspecified atom stereocenters. The van der Waals surface area contributed by atoms with Crippen molar-refractivity contribution in [2.75, 3.05) is 7.05 Å². The van der Waals surface area contributed by atoms with Gasteiger partial charge in [-0.2, -0.15) is 0 Å². The summed E-state index contributed by atoms with van der Waals surface area (Å²) in [6.07, 6.45) is 12.1. The third-order valence-corrected chi connectivity index (χ3v) is 6.70. The van der Waals surface area contributed by atoms with E-state index in [2.05, 4.69) is 28.1 Å². The Kier molecular flexibility index (Phi) is 3.55. The van der Waals surface area contributed by atoms with Crippen molar-refractivity contribution in [2.24, 2.45) is 29.6 Å². The highest BCUT2D eigenvalue weighted by Crippen LogP contribution is 2.59. The van der Waals surface area contributed by atoms with E-state index < -0.39 is 0 Å². The van der Waals surface area contributed by atoms with Crippen LogP contribution in [-0.2, 0) is 0 Å². The standard InChI is InChI=1S/C15H29B2N/c1-18-15(16,17)14-12-8-4-2-6-10(12)11-7-3-5-9-13(11)14/h10-14,18H,2-9,16-17H2,1H3. The van der Waals surface area contributed by atoms with E-state index in [9.17, 15) is 0 Å². The molecule has 0 aromatic carbocycles. The second-order valence-electron chi connectivity index (χ2n) is 7.72. The molecule has 3 saturated carbocycles. The maximum absolute atomic E-state index is 3.65. The first-order valence-corrected chi connectivity index (χ1v) is 8.34. The molecule has 1 nitrogen and oxygen atoms in total. The third kappa shape index (κ3) is 1.97. The van der Waals surface area contributed by atoms with Gasteiger partial charge in [0, 0.05) is 0 Å². The zero-order valence-corrected chi connectivity index (χ0v) is 12.5. The Hall–Kier alpha value is 0.0899. The van der Waals surface area contributed by atoms with Gasteiger partial charge in [0.25, 0.3) is 0 Å². The average Bonchev–Trinajstić information content (AvgIpc) is 2.74.